The molecule has 0 bridgehead atoms. The van der Waals surface area contributed by atoms with Gasteiger partial charge in [-0.2, -0.15) is 0 Å². The van der Waals surface area contributed by atoms with Crippen LogP contribution in [-0.4, -0.2) is 21.6 Å². The van der Waals surface area contributed by atoms with Crippen LogP contribution in [0, 0.1) is 6.92 Å². The van der Waals surface area contributed by atoms with Crippen molar-refractivity contribution in [1.82, 2.24) is 15.0 Å². The molecule has 100 valence electrons. The van der Waals surface area contributed by atoms with Crippen molar-refractivity contribution in [2.75, 3.05) is 6.61 Å². The summed E-state index contributed by atoms with van der Waals surface area (Å²) in [5, 5.41) is 8.47. The molecule has 2 N–H and O–H groups in total. The lowest BCUT2D eigenvalue weighted by Crippen LogP contribution is -2.11. The Kier molecular flexibility index (Phi) is 3.31. The van der Waals surface area contributed by atoms with Crippen LogP contribution in [0.1, 0.15) is 35.9 Å². The van der Waals surface area contributed by atoms with E-state index < -0.39 is 0 Å². The lowest BCUT2D eigenvalue weighted by Gasteiger charge is -2.14. The lowest BCUT2D eigenvalue weighted by atomic mass is 10.1. The van der Waals surface area contributed by atoms with Crippen LogP contribution in [0.5, 0.6) is 0 Å². The number of rotatable bonds is 3. The molecule has 19 heavy (non-hydrogen) atoms. The largest absolute Gasteiger partial charge is 0.372 e. The summed E-state index contributed by atoms with van der Waals surface area (Å²) in [6.45, 7) is 3.26. The Morgan fingerprint density at radius 3 is 2.95 bits per heavy atom. The Labute approximate surface area is 112 Å². The van der Waals surface area contributed by atoms with E-state index in [1.165, 1.54) is 0 Å². The molecule has 1 fully saturated rings. The highest BCUT2D eigenvalue weighted by atomic mass is 16.5. The first-order chi connectivity index (χ1) is 9.31. The van der Waals surface area contributed by atoms with Crippen LogP contribution in [0.25, 0.3) is 5.69 Å². The zero-order chi connectivity index (χ0) is 13.2. The fraction of sp³-hybridized carbons (Fsp3) is 0.429. The molecule has 1 saturated heterocycles. The summed E-state index contributed by atoms with van der Waals surface area (Å²) in [4.78, 5) is 0. The van der Waals surface area contributed by atoms with Gasteiger partial charge in [0, 0.05) is 13.2 Å². The zero-order valence-electron chi connectivity index (χ0n) is 11.0. The normalized spacial score (nSPS) is 18.9. The number of nitrogens with two attached hydrogens (primary N) is 1. The van der Waals surface area contributed by atoms with Crippen molar-refractivity contribution < 1.29 is 4.74 Å². The van der Waals surface area contributed by atoms with Crippen LogP contribution < -0.4 is 5.73 Å². The van der Waals surface area contributed by atoms with Gasteiger partial charge in [0.2, 0.25) is 0 Å². The number of benzene rings is 1. The number of hydrogen-bond donors (Lipinski definition) is 1. The second-order valence-electron chi connectivity index (χ2n) is 4.83. The Balaban J connectivity index is 2.11. The van der Waals surface area contributed by atoms with Gasteiger partial charge in [0.05, 0.1) is 11.4 Å². The smallest absolute Gasteiger partial charge is 0.103 e. The lowest BCUT2D eigenvalue weighted by molar-refractivity contribution is 0.106. The van der Waals surface area contributed by atoms with Gasteiger partial charge in [0.1, 0.15) is 11.8 Å². The summed E-state index contributed by atoms with van der Waals surface area (Å²) in [6, 6.07) is 8.14. The first-order valence-electron chi connectivity index (χ1n) is 6.63. The van der Waals surface area contributed by atoms with Crippen molar-refractivity contribution in [3.8, 4) is 5.69 Å². The van der Waals surface area contributed by atoms with E-state index in [0.717, 1.165) is 42.1 Å². The van der Waals surface area contributed by atoms with Gasteiger partial charge in [-0.15, -0.1) is 5.10 Å². The second-order valence-corrected chi connectivity index (χ2v) is 4.83. The molecule has 0 spiro atoms. The maximum absolute atomic E-state index is 5.79. The van der Waals surface area contributed by atoms with E-state index in [4.69, 9.17) is 10.5 Å². The fourth-order valence-corrected chi connectivity index (χ4v) is 2.56. The van der Waals surface area contributed by atoms with Crippen LogP contribution in [-0.2, 0) is 11.3 Å². The Morgan fingerprint density at radius 1 is 1.42 bits per heavy atom. The van der Waals surface area contributed by atoms with Gasteiger partial charge in [-0.05, 0) is 31.4 Å². The maximum Gasteiger partial charge on any atom is 0.103 e. The minimum atomic E-state index is 0.0631. The third kappa shape index (κ3) is 2.15. The van der Waals surface area contributed by atoms with E-state index in [-0.39, 0.29) is 6.10 Å². The molecule has 1 aliphatic rings. The molecule has 0 saturated carbocycles. The molecule has 2 aromatic rings. The summed E-state index contributed by atoms with van der Waals surface area (Å²) < 4.78 is 7.67. The second kappa shape index (κ2) is 5.11. The first-order valence-corrected chi connectivity index (χ1v) is 6.63. The molecule has 0 radical (unpaired) electrons. The Morgan fingerprint density at radius 2 is 2.26 bits per heavy atom. The van der Waals surface area contributed by atoms with Crippen molar-refractivity contribution >= 4 is 0 Å². The summed E-state index contributed by atoms with van der Waals surface area (Å²) in [5.74, 6) is 0. The van der Waals surface area contributed by atoms with E-state index in [1.807, 2.05) is 22.9 Å². The van der Waals surface area contributed by atoms with Crippen LogP contribution in [0.2, 0.25) is 0 Å². The minimum Gasteiger partial charge on any atom is -0.372 e. The molecular formula is C14H18N4O. The highest BCUT2D eigenvalue weighted by Gasteiger charge is 2.26. The van der Waals surface area contributed by atoms with Crippen molar-refractivity contribution in [3.05, 3.63) is 41.2 Å². The van der Waals surface area contributed by atoms with E-state index in [0.29, 0.717) is 6.54 Å². The molecule has 3 rings (SSSR count). The highest BCUT2D eigenvalue weighted by Crippen LogP contribution is 2.31. The summed E-state index contributed by atoms with van der Waals surface area (Å²) in [5.41, 5.74) is 9.82. The summed E-state index contributed by atoms with van der Waals surface area (Å²) >= 11 is 0. The molecule has 1 unspecified atom stereocenters. The van der Waals surface area contributed by atoms with Crippen molar-refractivity contribution in [2.45, 2.75) is 32.4 Å². The van der Waals surface area contributed by atoms with Gasteiger partial charge in [0.15, 0.2) is 0 Å². The molecule has 2 heterocycles. The summed E-state index contributed by atoms with van der Waals surface area (Å²) in [6.07, 6.45) is 2.15. The molecule has 1 atom stereocenters. The monoisotopic (exact) mass is 258 g/mol. The van der Waals surface area contributed by atoms with Gasteiger partial charge >= 0.3 is 0 Å². The van der Waals surface area contributed by atoms with E-state index in [9.17, 15) is 0 Å². The molecule has 5 nitrogen and oxygen atoms in total. The van der Waals surface area contributed by atoms with Crippen LogP contribution in [0.4, 0.5) is 0 Å². The molecule has 1 aromatic carbocycles. The average Bonchev–Trinajstić information content (AvgIpc) is 3.07. The Hall–Kier alpha value is -1.72. The minimum absolute atomic E-state index is 0.0631. The van der Waals surface area contributed by atoms with E-state index in [2.05, 4.69) is 23.3 Å². The first kappa shape index (κ1) is 12.3. The van der Waals surface area contributed by atoms with Crippen LogP contribution >= 0.6 is 0 Å². The van der Waals surface area contributed by atoms with Gasteiger partial charge < -0.3 is 10.5 Å². The molecule has 1 aliphatic heterocycles. The average molecular weight is 258 g/mol. The number of aryl methyl sites for hydroxylation is 1. The molecule has 0 aliphatic carbocycles. The van der Waals surface area contributed by atoms with Crippen molar-refractivity contribution in [3.63, 3.8) is 0 Å². The Bertz CT molecular complexity index is 573. The van der Waals surface area contributed by atoms with Gasteiger partial charge in [0.25, 0.3) is 0 Å². The molecule has 5 heteroatoms. The number of para-hydroxylation sites is 1. The van der Waals surface area contributed by atoms with E-state index >= 15 is 0 Å². The van der Waals surface area contributed by atoms with Crippen LogP contribution in [0.3, 0.4) is 0 Å². The quantitative estimate of drug-likeness (QED) is 0.913. The van der Waals surface area contributed by atoms with Gasteiger partial charge in [-0.3, -0.25) is 0 Å². The number of aromatic nitrogens is 3. The predicted molar refractivity (Wildman–Crippen MR) is 71.9 cm³/mol. The SMILES string of the molecule is Cc1ccccc1-n1nnc(CN)c1C1CCCO1. The molecule has 1 aromatic heterocycles. The molecule has 0 amide bonds. The summed E-state index contributed by atoms with van der Waals surface area (Å²) in [7, 11) is 0. The third-order valence-electron chi connectivity index (χ3n) is 3.55. The highest BCUT2D eigenvalue weighted by molar-refractivity contribution is 5.41. The topological polar surface area (TPSA) is 66.0 Å². The van der Waals surface area contributed by atoms with Gasteiger partial charge in [-0.25, -0.2) is 4.68 Å². The zero-order valence-corrected chi connectivity index (χ0v) is 11.0. The number of ether oxygens (including phenoxy) is 1. The van der Waals surface area contributed by atoms with Crippen molar-refractivity contribution in [2.24, 2.45) is 5.73 Å². The maximum atomic E-state index is 5.79. The van der Waals surface area contributed by atoms with Crippen LogP contribution in [0.15, 0.2) is 24.3 Å². The standard InChI is InChI=1S/C14H18N4O/c1-10-5-2-3-6-12(10)18-14(11(9-15)16-17-18)13-7-4-8-19-13/h2-3,5-6,13H,4,7-9,15H2,1H3. The predicted octanol–water partition coefficient (Wildman–Crippen LogP) is 1.89. The van der Waals surface area contributed by atoms with E-state index in [1.54, 1.807) is 0 Å². The number of nitrogens with zero attached hydrogens (tertiary/aromatic N) is 3. The van der Waals surface area contributed by atoms with Crippen molar-refractivity contribution in [1.29, 1.82) is 0 Å². The number of hydrogen-bond acceptors (Lipinski definition) is 4. The van der Waals surface area contributed by atoms with Gasteiger partial charge in [-0.1, -0.05) is 23.4 Å². The third-order valence-corrected chi connectivity index (χ3v) is 3.55. The fourth-order valence-electron chi connectivity index (χ4n) is 2.56. The molecular weight excluding hydrogens is 240 g/mol.